The van der Waals surface area contributed by atoms with Crippen LogP contribution >= 0.6 is 0 Å². The summed E-state index contributed by atoms with van der Waals surface area (Å²) in [5, 5.41) is 9.11. The molecule has 0 saturated heterocycles. The van der Waals surface area contributed by atoms with Gasteiger partial charge in [-0.2, -0.15) is 18.4 Å². The predicted molar refractivity (Wildman–Crippen MR) is 69.2 cm³/mol. The number of benzene rings is 1. The van der Waals surface area contributed by atoms with Gasteiger partial charge in [0.25, 0.3) is 0 Å². The molecule has 2 aromatic rings. The molecule has 0 N–H and O–H groups in total. The van der Waals surface area contributed by atoms with Gasteiger partial charge >= 0.3 is 6.18 Å². The van der Waals surface area contributed by atoms with Gasteiger partial charge in [-0.25, -0.2) is 0 Å². The van der Waals surface area contributed by atoms with Crippen molar-refractivity contribution in [2.24, 2.45) is 0 Å². The molecule has 2 nitrogen and oxygen atoms in total. The highest BCUT2D eigenvalue weighted by Crippen LogP contribution is 2.31. The Morgan fingerprint density at radius 1 is 1.20 bits per heavy atom. The van der Waals surface area contributed by atoms with Crippen molar-refractivity contribution >= 4 is 11.6 Å². The number of rotatable bonds is 2. The van der Waals surface area contributed by atoms with Crippen LogP contribution in [0.25, 0.3) is 11.6 Å². The highest BCUT2D eigenvalue weighted by molar-refractivity contribution is 5.89. The van der Waals surface area contributed by atoms with Crippen molar-refractivity contribution in [3.05, 3.63) is 65.5 Å². The summed E-state index contributed by atoms with van der Waals surface area (Å²) in [6.07, 6.45) is 0.186. The maximum atomic E-state index is 12.6. The van der Waals surface area contributed by atoms with Crippen molar-refractivity contribution < 1.29 is 13.2 Å². The molecule has 20 heavy (non-hydrogen) atoms. The third kappa shape index (κ3) is 3.23. The maximum Gasteiger partial charge on any atom is 0.416 e. The van der Waals surface area contributed by atoms with Crippen LogP contribution in [0.4, 0.5) is 13.2 Å². The molecular weight excluding hydrogens is 265 g/mol. The smallest absolute Gasteiger partial charge is 0.264 e. The molecule has 2 rings (SSSR count). The number of aromatic nitrogens is 1. The Hall–Kier alpha value is -2.61. The van der Waals surface area contributed by atoms with Gasteiger partial charge in [0.05, 0.1) is 17.2 Å². The van der Waals surface area contributed by atoms with Gasteiger partial charge in [0, 0.05) is 12.4 Å². The molecule has 1 aromatic carbocycles. The fraction of sp³-hybridized carbons (Fsp3) is 0.0667. The first kappa shape index (κ1) is 13.8. The highest BCUT2D eigenvalue weighted by Gasteiger charge is 2.30. The van der Waals surface area contributed by atoms with E-state index in [1.165, 1.54) is 24.4 Å². The van der Waals surface area contributed by atoms with Crippen LogP contribution in [-0.4, -0.2) is 4.98 Å². The standard InChI is InChI=1S/C15H9F3N2/c16-15(17,18)14-5-1-4-12(8-14)13(9-19)7-11-3-2-6-20-10-11/h1-8,10H/b13-7+. The van der Waals surface area contributed by atoms with Crippen LogP contribution in [0.1, 0.15) is 16.7 Å². The largest absolute Gasteiger partial charge is 0.416 e. The zero-order chi connectivity index (χ0) is 14.6. The second-order valence-electron chi connectivity index (χ2n) is 4.03. The molecule has 0 aliphatic rings. The normalized spacial score (nSPS) is 12.0. The highest BCUT2D eigenvalue weighted by atomic mass is 19.4. The van der Waals surface area contributed by atoms with E-state index in [1.807, 2.05) is 6.07 Å². The molecule has 0 atom stereocenters. The summed E-state index contributed by atoms with van der Waals surface area (Å²) in [7, 11) is 0. The fourth-order valence-electron chi connectivity index (χ4n) is 1.67. The van der Waals surface area contributed by atoms with Crippen LogP contribution in [0.2, 0.25) is 0 Å². The molecule has 0 amide bonds. The fourth-order valence-corrected chi connectivity index (χ4v) is 1.67. The zero-order valence-corrected chi connectivity index (χ0v) is 10.2. The lowest BCUT2D eigenvalue weighted by molar-refractivity contribution is -0.137. The third-order valence-corrected chi connectivity index (χ3v) is 2.62. The van der Waals surface area contributed by atoms with Crippen LogP contribution in [-0.2, 0) is 6.18 Å². The van der Waals surface area contributed by atoms with E-state index in [0.29, 0.717) is 5.56 Å². The molecular formula is C15H9F3N2. The van der Waals surface area contributed by atoms with Crippen molar-refractivity contribution in [3.63, 3.8) is 0 Å². The summed E-state index contributed by atoms with van der Waals surface area (Å²) in [5.74, 6) is 0. The minimum Gasteiger partial charge on any atom is -0.264 e. The number of pyridine rings is 1. The summed E-state index contributed by atoms with van der Waals surface area (Å²) in [5.41, 5.74) is 0.263. The second-order valence-corrected chi connectivity index (χ2v) is 4.03. The molecule has 100 valence electrons. The quantitative estimate of drug-likeness (QED) is 0.771. The molecule has 0 aliphatic heterocycles. The summed E-state index contributed by atoms with van der Waals surface area (Å²) in [6.45, 7) is 0. The van der Waals surface area contributed by atoms with E-state index in [2.05, 4.69) is 4.98 Å². The van der Waals surface area contributed by atoms with Crippen LogP contribution in [0.5, 0.6) is 0 Å². The molecule has 0 radical (unpaired) electrons. The molecule has 1 aromatic heterocycles. The first-order chi connectivity index (χ1) is 9.50. The zero-order valence-electron chi connectivity index (χ0n) is 10.2. The molecule has 0 spiro atoms. The van der Waals surface area contributed by atoms with Gasteiger partial charge in [0.2, 0.25) is 0 Å². The van der Waals surface area contributed by atoms with Gasteiger partial charge in [-0.15, -0.1) is 0 Å². The SMILES string of the molecule is N#C/C(=C\c1cccnc1)c1cccc(C(F)(F)F)c1. The number of nitriles is 1. The third-order valence-electron chi connectivity index (χ3n) is 2.62. The number of halogens is 3. The van der Waals surface area contributed by atoms with Crippen LogP contribution in [0, 0.1) is 11.3 Å². The Morgan fingerprint density at radius 3 is 2.60 bits per heavy atom. The molecule has 0 saturated carbocycles. The van der Waals surface area contributed by atoms with Gasteiger partial charge in [-0.3, -0.25) is 4.98 Å². The molecule has 5 heteroatoms. The lowest BCUT2D eigenvalue weighted by atomic mass is 10.0. The number of hydrogen-bond acceptors (Lipinski definition) is 2. The Morgan fingerprint density at radius 2 is 2.00 bits per heavy atom. The Balaban J connectivity index is 2.44. The predicted octanol–water partition coefficient (Wildman–Crippen LogP) is 4.16. The lowest BCUT2D eigenvalue weighted by Crippen LogP contribution is -2.04. The van der Waals surface area contributed by atoms with Crippen molar-refractivity contribution in [1.82, 2.24) is 4.98 Å². The summed E-state index contributed by atoms with van der Waals surface area (Å²) >= 11 is 0. The minimum absolute atomic E-state index is 0.157. The van der Waals surface area contributed by atoms with Crippen molar-refractivity contribution in [2.45, 2.75) is 6.18 Å². The Kier molecular flexibility index (Phi) is 3.85. The Labute approximate surface area is 113 Å². The number of nitrogens with zero attached hydrogens (tertiary/aromatic N) is 2. The Bertz CT molecular complexity index is 668. The van der Waals surface area contributed by atoms with E-state index >= 15 is 0 Å². The van der Waals surface area contributed by atoms with Gasteiger partial charge < -0.3 is 0 Å². The van der Waals surface area contributed by atoms with E-state index in [-0.39, 0.29) is 11.1 Å². The maximum absolute atomic E-state index is 12.6. The van der Waals surface area contributed by atoms with E-state index < -0.39 is 11.7 Å². The molecule has 0 unspecified atom stereocenters. The summed E-state index contributed by atoms with van der Waals surface area (Å²) in [6, 6.07) is 10.0. The van der Waals surface area contributed by atoms with Gasteiger partial charge in [-0.1, -0.05) is 18.2 Å². The first-order valence-corrected chi connectivity index (χ1v) is 5.70. The number of allylic oxidation sites excluding steroid dienone is 1. The van der Waals surface area contributed by atoms with E-state index in [4.69, 9.17) is 5.26 Å². The van der Waals surface area contributed by atoms with Crippen molar-refractivity contribution in [3.8, 4) is 6.07 Å². The van der Waals surface area contributed by atoms with E-state index in [1.54, 1.807) is 18.3 Å². The minimum atomic E-state index is -4.43. The summed E-state index contributed by atoms with van der Waals surface area (Å²) in [4.78, 5) is 3.89. The molecule has 0 fully saturated rings. The molecule has 0 aliphatic carbocycles. The average Bonchev–Trinajstić information content (AvgIpc) is 2.45. The van der Waals surface area contributed by atoms with E-state index in [0.717, 1.165) is 12.1 Å². The first-order valence-electron chi connectivity index (χ1n) is 5.70. The monoisotopic (exact) mass is 274 g/mol. The van der Waals surface area contributed by atoms with Crippen molar-refractivity contribution in [2.75, 3.05) is 0 Å². The molecule has 0 bridgehead atoms. The summed E-state index contributed by atoms with van der Waals surface area (Å²) < 4.78 is 37.9. The van der Waals surface area contributed by atoms with Crippen LogP contribution in [0.3, 0.4) is 0 Å². The number of hydrogen-bond donors (Lipinski definition) is 0. The van der Waals surface area contributed by atoms with Gasteiger partial charge in [0.15, 0.2) is 0 Å². The van der Waals surface area contributed by atoms with Crippen LogP contribution in [0.15, 0.2) is 48.8 Å². The van der Waals surface area contributed by atoms with Gasteiger partial charge in [0.1, 0.15) is 0 Å². The second kappa shape index (κ2) is 5.57. The lowest BCUT2D eigenvalue weighted by Gasteiger charge is -2.08. The number of alkyl halides is 3. The average molecular weight is 274 g/mol. The topological polar surface area (TPSA) is 36.7 Å². The van der Waals surface area contributed by atoms with Crippen molar-refractivity contribution in [1.29, 1.82) is 5.26 Å². The van der Waals surface area contributed by atoms with Crippen LogP contribution < -0.4 is 0 Å². The van der Waals surface area contributed by atoms with Gasteiger partial charge in [-0.05, 0) is 35.4 Å². The molecule has 1 heterocycles. The van der Waals surface area contributed by atoms with E-state index in [9.17, 15) is 13.2 Å².